The highest BCUT2D eigenvalue weighted by atomic mass is 16.5. The van der Waals surface area contributed by atoms with Gasteiger partial charge in [-0.2, -0.15) is 0 Å². The number of esters is 1. The second-order valence-electron chi connectivity index (χ2n) is 4.67. The minimum absolute atomic E-state index is 0.102. The van der Waals surface area contributed by atoms with Crippen LogP contribution in [0.5, 0.6) is 0 Å². The van der Waals surface area contributed by atoms with Gasteiger partial charge in [-0.25, -0.2) is 0 Å². The Morgan fingerprint density at radius 1 is 1.27 bits per heavy atom. The number of carbonyl (C=O) groups excluding carboxylic acids is 2. The smallest absolute Gasteiger partial charge is 0.325 e. The summed E-state index contributed by atoms with van der Waals surface area (Å²) in [7, 11) is 2.73. The Balaban J connectivity index is 2.08. The molecule has 0 aromatic carbocycles. The second-order valence-corrected chi connectivity index (χ2v) is 4.67. The van der Waals surface area contributed by atoms with E-state index >= 15 is 0 Å². The fourth-order valence-electron chi connectivity index (χ4n) is 1.86. The van der Waals surface area contributed by atoms with E-state index in [1.807, 2.05) is 0 Å². The monoisotopic (exact) mass is 304 g/mol. The molecule has 1 amide bonds. The number of hydrogen-bond donors (Lipinski definition) is 0. The Labute approximate surface area is 126 Å². The van der Waals surface area contributed by atoms with E-state index in [2.05, 4.69) is 4.74 Å². The van der Waals surface area contributed by atoms with Crippen LogP contribution in [0.1, 0.15) is 16.3 Å². The summed E-state index contributed by atoms with van der Waals surface area (Å²) >= 11 is 0. The lowest BCUT2D eigenvalue weighted by atomic mass is 10.3. The molecule has 116 valence electrons. The summed E-state index contributed by atoms with van der Waals surface area (Å²) in [6, 6.07) is 7.97. The average molecular weight is 304 g/mol. The lowest BCUT2D eigenvalue weighted by Gasteiger charge is -2.13. The summed E-state index contributed by atoms with van der Waals surface area (Å²) in [4.78, 5) is 36.1. The maximum atomic E-state index is 12.1. The maximum Gasteiger partial charge on any atom is 0.325 e. The van der Waals surface area contributed by atoms with Crippen molar-refractivity contribution in [2.45, 2.75) is 6.54 Å². The molecule has 2 heterocycles. The van der Waals surface area contributed by atoms with Crippen LogP contribution >= 0.6 is 0 Å². The van der Waals surface area contributed by atoms with Gasteiger partial charge in [0.15, 0.2) is 5.76 Å². The number of amides is 1. The van der Waals surface area contributed by atoms with Crippen molar-refractivity contribution in [3.05, 3.63) is 58.4 Å². The van der Waals surface area contributed by atoms with E-state index in [0.717, 1.165) is 0 Å². The predicted molar refractivity (Wildman–Crippen MR) is 77.5 cm³/mol. The van der Waals surface area contributed by atoms with Gasteiger partial charge in [0.05, 0.1) is 13.7 Å². The fourth-order valence-corrected chi connectivity index (χ4v) is 1.86. The molecule has 0 saturated heterocycles. The minimum atomic E-state index is -0.515. The normalized spacial score (nSPS) is 10.3. The van der Waals surface area contributed by atoms with Gasteiger partial charge in [-0.15, -0.1) is 0 Å². The van der Waals surface area contributed by atoms with Crippen LogP contribution in [-0.2, 0) is 16.1 Å². The first-order valence-electron chi connectivity index (χ1n) is 6.57. The summed E-state index contributed by atoms with van der Waals surface area (Å²) < 4.78 is 11.4. The predicted octanol–water partition coefficient (Wildman–Crippen LogP) is 0.735. The van der Waals surface area contributed by atoms with E-state index < -0.39 is 11.9 Å². The lowest BCUT2D eigenvalue weighted by Crippen LogP contribution is -2.32. The molecule has 0 fully saturated rings. The highest BCUT2D eigenvalue weighted by molar-refractivity contribution is 5.93. The molecule has 0 aliphatic heterocycles. The zero-order valence-electron chi connectivity index (χ0n) is 12.3. The SMILES string of the molecule is COC(=O)CN(C)C(=O)c1ccc(Cn2ccccc2=O)o1. The van der Waals surface area contributed by atoms with Crippen molar-refractivity contribution in [2.75, 3.05) is 20.7 Å². The second kappa shape index (κ2) is 6.75. The van der Waals surface area contributed by atoms with Crippen LogP contribution in [0.15, 0.2) is 45.7 Å². The molecule has 7 heteroatoms. The highest BCUT2D eigenvalue weighted by Gasteiger charge is 2.18. The highest BCUT2D eigenvalue weighted by Crippen LogP contribution is 2.11. The molecule has 0 saturated carbocycles. The number of ether oxygens (including phenoxy) is 1. The van der Waals surface area contributed by atoms with Crippen LogP contribution in [0.4, 0.5) is 0 Å². The number of rotatable bonds is 5. The van der Waals surface area contributed by atoms with E-state index in [-0.39, 0.29) is 24.4 Å². The average Bonchev–Trinajstić information content (AvgIpc) is 2.97. The number of methoxy groups -OCH3 is 1. The summed E-state index contributed by atoms with van der Waals surface area (Å²) in [5.41, 5.74) is -0.158. The summed E-state index contributed by atoms with van der Waals surface area (Å²) in [5.74, 6) is -0.371. The number of likely N-dealkylation sites (N-methyl/N-ethyl adjacent to an activating group) is 1. The Kier molecular flexibility index (Phi) is 4.77. The van der Waals surface area contributed by atoms with Crippen molar-refractivity contribution in [1.29, 1.82) is 0 Å². The van der Waals surface area contributed by atoms with Crippen LogP contribution in [0.2, 0.25) is 0 Å². The van der Waals surface area contributed by atoms with Gasteiger partial charge in [0.25, 0.3) is 11.5 Å². The van der Waals surface area contributed by atoms with Crippen LogP contribution in [0.25, 0.3) is 0 Å². The number of aromatic nitrogens is 1. The third kappa shape index (κ3) is 3.63. The van der Waals surface area contributed by atoms with Gasteiger partial charge < -0.3 is 18.6 Å². The molecule has 0 radical (unpaired) electrons. The summed E-state index contributed by atoms with van der Waals surface area (Å²) in [6.07, 6.45) is 1.63. The zero-order valence-corrected chi connectivity index (χ0v) is 12.3. The van der Waals surface area contributed by atoms with E-state index in [4.69, 9.17) is 4.42 Å². The molecule has 2 rings (SSSR count). The summed E-state index contributed by atoms with van der Waals surface area (Å²) in [5, 5.41) is 0. The standard InChI is InChI=1S/C15H16N2O5/c1-16(10-14(19)21-2)15(20)12-7-6-11(22-12)9-17-8-4-3-5-13(17)18/h3-8H,9-10H2,1-2H3. The number of carbonyl (C=O) groups is 2. The molecule has 0 unspecified atom stereocenters. The van der Waals surface area contributed by atoms with Gasteiger partial charge in [-0.3, -0.25) is 14.4 Å². The van der Waals surface area contributed by atoms with E-state index in [1.165, 1.54) is 35.8 Å². The van der Waals surface area contributed by atoms with Gasteiger partial charge >= 0.3 is 5.97 Å². The van der Waals surface area contributed by atoms with E-state index in [9.17, 15) is 14.4 Å². The van der Waals surface area contributed by atoms with Gasteiger partial charge in [0.1, 0.15) is 12.3 Å². The van der Waals surface area contributed by atoms with Crippen molar-refractivity contribution in [3.8, 4) is 0 Å². The third-order valence-corrected chi connectivity index (χ3v) is 3.04. The van der Waals surface area contributed by atoms with Crippen LogP contribution < -0.4 is 5.56 Å². The van der Waals surface area contributed by atoms with Gasteiger partial charge in [0.2, 0.25) is 0 Å². The molecule has 7 nitrogen and oxygen atoms in total. The molecule has 2 aromatic rings. The first-order valence-corrected chi connectivity index (χ1v) is 6.57. The molecule has 0 aliphatic rings. The number of pyridine rings is 1. The summed E-state index contributed by atoms with van der Waals surface area (Å²) in [6.45, 7) is 0.0666. The zero-order chi connectivity index (χ0) is 16.1. The minimum Gasteiger partial charge on any atom is -0.468 e. The molecule has 0 N–H and O–H groups in total. The lowest BCUT2D eigenvalue weighted by molar-refractivity contribution is -0.141. The Morgan fingerprint density at radius 3 is 2.73 bits per heavy atom. The van der Waals surface area contributed by atoms with Gasteiger partial charge in [-0.05, 0) is 18.2 Å². The molecular formula is C15H16N2O5. The fraction of sp³-hybridized carbons (Fsp3) is 0.267. The van der Waals surface area contributed by atoms with Crippen molar-refractivity contribution >= 4 is 11.9 Å². The Morgan fingerprint density at radius 2 is 2.05 bits per heavy atom. The maximum absolute atomic E-state index is 12.1. The Hall–Kier alpha value is -2.83. The van der Waals surface area contributed by atoms with E-state index in [0.29, 0.717) is 5.76 Å². The molecule has 0 aliphatic carbocycles. The Bertz CT molecular complexity index is 731. The topological polar surface area (TPSA) is 81.8 Å². The van der Waals surface area contributed by atoms with Crippen molar-refractivity contribution in [3.63, 3.8) is 0 Å². The molecule has 0 bridgehead atoms. The van der Waals surface area contributed by atoms with Gasteiger partial charge in [-0.1, -0.05) is 6.07 Å². The quantitative estimate of drug-likeness (QED) is 0.761. The first kappa shape index (κ1) is 15.6. The number of hydrogen-bond acceptors (Lipinski definition) is 5. The van der Waals surface area contributed by atoms with Gasteiger partial charge in [0, 0.05) is 19.3 Å². The molecular weight excluding hydrogens is 288 g/mol. The molecule has 0 atom stereocenters. The number of nitrogens with zero attached hydrogens (tertiary/aromatic N) is 2. The largest absolute Gasteiger partial charge is 0.468 e. The van der Waals surface area contributed by atoms with Crippen molar-refractivity contribution < 1.29 is 18.7 Å². The number of furan rings is 1. The van der Waals surface area contributed by atoms with Crippen LogP contribution in [-0.4, -0.2) is 42.0 Å². The third-order valence-electron chi connectivity index (χ3n) is 3.04. The van der Waals surface area contributed by atoms with Crippen LogP contribution in [0, 0.1) is 0 Å². The van der Waals surface area contributed by atoms with Crippen molar-refractivity contribution in [1.82, 2.24) is 9.47 Å². The first-order chi connectivity index (χ1) is 10.5. The van der Waals surface area contributed by atoms with E-state index in [1.54, 1.807) is 24.4 Å². The van der Waals surface area contributed by atoms with Crippen molar-refractivity contribution in [2.24, 2.45) is 0 Å². The molecule has 22 heavy (non-hydrogen) atoms. The molecule has 0 spiro atoms. The van der Waals surface area contributed by atoms with Crippen LogP contribution in [0.3, 0.4) is 0 Å². The molecule has 2 aromatic heterocycles.